The van der Waals surface area contributed by atoms with Gasteiger partial charge in [-0.3, -0.25) is 9.69 Å². The van der Waals surface area contributed by atoms with Gasteiger partial charge in [-0.25, -0.2) is 9.59 Å². The minimum absolute atomic E-state index is 0.130. The molecule has 132 valence electrons. The predicted octanol–water partition coefficient (Wildman–Crippen LogP) is -1.32. The molecule has 2 aliphatic heterocycles. The van der Waals surface area contributed by atoms with E-state index in [0.29, 0.717) is 13.1 Å². The van der Waals surface area contributed by atoms with E-state index < -0.39 is 11.9 Å². The fraction of sp³-hybridized carbons (Fsp3) is 0.786. The van der Waals surface area contributed by atoms with Gasteiger partial charge in [-0.1, -0.05) is 0 Å². The standard InChI is InChI=1S/C12H23N3O2.C2H2O4/c1-14-4-6-15(7-5-14)10-12(16)13-9-11-3-2-8-17-11;3-1(4)2(5)6/h11H,2-10H2,1H3,(H,13,16);(H,3,4)(H,5,6). The number of likely N-dealkylation sites (N-methyl/N-ethyl adjacent to an activating group) is 1. The SMILES string of the molecule is CN1CCN(CC(=O)NCC2CCCO2)CC1.O=C(O)C(=O)O. The van der Waals surface area contributed by atoms with Gasteiger partial charge in [0.05, 0.1) is 12.6 Å². The largest absolute Gasteiger partial charge is 0.473 e. The van der Waals surface area contributed by atoms with Gasteiger partial charge in [0, 0.05) is 39.3 Å². The van der Waals surface area contributed by atoms with Crippen molar-refractivity contribution in [1.82, 2.24) is 15.1 Å². The number of carboxylic acids is 2. The molecule has 0 aromatic heterocycles. The molecular weight excluding hydrogens is 306 g/mol. The maximum absolute atomic E-state index is 11.7. The van der Waals surface area contributed by atoms with Crippen molar-refractivity contribution >= 4 is 17.8 Å². The van der Waals surface area contributed by atoms with E-state index in [-0.39, 0.29) is 12.0 Å². The molecule has 0 aromatic rings. The Bertz CT molecular complexity index is 391. The average molecular weight is 331 g/mol. The zero-order valence-electron chi connectivity index (χ0n) is 13.4. The third-order valence-corrected chi connectivity index (χ3v) is 3.70. The Morgan fingerprint density at radius 1 is 1.13 bits per heavy atom. The summed E-state index contributed by atoms with van der Waals surface area (Å²) in [7, 11) is 2.12. The van der Waals surface area contributed by atoms with Gasteiger partial charge in [0.25, 0.3) is 0 Å². The van der Waals surface area contributed by atoms with E-state index in [1.54, 1.807) is 0 Å². The molecule has 0 radical (unpaired) electrons. The van der Waals surface area contributed by atoms with Crippen LogP contribution in [-0.2, 0) is 19.1 Å². The summed E-state index contributed by atoms with van der Waals surface area (Å²) in [6, 6.07) is 0. The van der Waals surface area contributed by atoms with Gasteiger partial charge in [-0.05, 0) is 19.9 Å². The van der Waals surface area contributed by atoms with Crippen LogP contribution in [-0.4, -0.2) is 96.9 Å². The van der Waals surface area contributed by atoms with Crippen LogP contribution in [0.5, 0.6) is 0 Å². The van der Waals surface area contributed by atoms with Gasteiger partial charge in [0.15, 0.2) is 0 Å². The number of rotatable bonds is 4. The maximum atomic E-state index is 11.7. The minimum Gasteiger partial charge on any atom is -0.473 e. The first kappa shape index (κ1) is 19.3. The first-order valence-corrected chi connectivity index (χ1v) is 7.64. The molecule has 2 aliphatic rings. The van der Waals surface area contributed by atoms with Crippen LogP contribution in [0.1, 0.15) is 12.8 Å². The normalized spacial score (nSPS) is 22.0. The van der Waals surface area contributed by atoms with Gasteiger partial charge < -0.3 is 25.2 Å². The molecular formula is C14H25N3O6. The molecule has 2 rings (SSSR count). The summed E-state index contributed by atoms with van der Waals surface area (Å²) in [4.78, 5) is 34.4. The summed E-state index contributed by atoms with van der Waals surface area (Å²) in [5.74, 6) is -3.52. The van der Waals surface area contributed by atoms with Crippen molar-refractivity contribution in [1.29, 1.82) is 0 Å². The van der Waals surface area contributed by atoms with Crippen molar-refractivity contribution in [2.45, 2.75) is 18.9 Å². The lowest BCUT2D eigenvalue weighted by Crippen LogP contribution is -2.48. The second-order valence-corrected chi connectivity index (χ2v) is 5.63. The third-order valence-electron chi connectivity index (χ3n) is 3.70. The van der Waals surface area contributed by atoms with Crippen molar-refractivity contribution in [2.24, 2.45) is 0 Å². The van der Waals surface area contributed by atoms with Crippen LogP contribution in [0.3, 0.4) is 0 Å². The summed E-state index contributed by atoms with van der Waals surface area (Å²) >= 11 is 0. The molecule has 0 aromatic carbocycles. The third kappa shape index (κ3) is 8.48. The minimum atomic E-state index is -1.82. The highest BCUT2D eigenvalue weighted by Gasteiger charge is 2.19. The molecule has 2 fully saturated rings. The average Bonchev–Trinajstić information content (AvgIpc) is 3.01. The van der Waals surface area contributed by atoms with Crippen LogP contribution < -0.4 is 5.32 Å². The summed E-state index contributed by atoms with van der Waals surface area (Å²) in [5, 5.41) is 17.7. The molecule has 1 unspecified atom stereocenters. The Labute approximate surface area is 135 Å². The molecule has 3 N–H and O–H groups in total. The van der Waals surface area contributed by atoms with Gasteiger partial charge in [-0.15, -0.1) is 0 Å². The van der Waals surface area contributed by atoms with Crippen LogP contribution in [0.25, 0.3) is 0 Å². The lowest BCUT2D eigenvalue weighted by molar-refractivity contribution is -0.159. The van der Waals surface area contributed by atoms with E-state index in [2.05, 4.69) is 22.2 Å². The highest BCUT2D eigenvalue weighted by atomic mass is 16.5. The number of hydrogen-bond acceptors (Lipinski definition) is 6. The molecule has 9 nitrogen and oxygen atoms in total. The van der Waals surface area contributed by atoms with E-state index in [1.165, 1.54) is 0 Å². The summed E-state index contributed by atoms with van der Waals surface area (Å²) < 4.78 is 5.47. The summed E-state index contributed by atoms with van der Waals surface area (Å²) in [6.07, 6.45) is 2.44. The van der Waals surface area contributed by atoms with E-state index in [4.69, 9.17) is 24.5 Å². The predicted molar refractivity (Wildman–Crippen MR) is 81.2 cm³/mol. The summed E-state index contributed by atoms with van der Waals surface area (Å²) in [5.41, 5.74) is 0. The second-order valence-electron chi connectivity index (χ2n) is 5.63. The van der Waals surface area contributed by atoms with E-state index in [0.717, 1.165) is 45.6 Å². The second kappa shape index (κ2) is 10.1. The zero-order chi connectivity index (χ0) is 17.2. The van der Waals surface area contributed by atoms with Gasteiger partial charge in [0.1, 0.15) is 0 Å². The fourth-order valence-corrected chi connectivity index (χ4v) is 2.30. The number of aliphatic carboxylic acids is 2. The lowest BCUT2D eigenvalue weighted by Gasteiger charge is -2.31. The molecule has 0 bridgehead atoms. The molecule has 2 heterocycles. The van der Waals surface area contributed by atoms with Crippen molar-refractivity contribution in [3.05, 3.63) is 0 Å². The smallest absolute Gasteiger partial charge is 0.414 e. The number of nitrogens with zero attached hydrogens (tertiary/aromatic N) is 2. The number of hydrogen-bond donors (Lipinski definition) is 3. The van der Waals surface area contributed by atoms with Crippen LogP contribution >= 0.6 is 0 Å². The number of nitrogens with one attached hydrogen (secondary N) is 1. The quantitative estimate of drug-likeness (QED) is 0.543. The van der Waals surface area contributed by atoms with Gasteiger partial charge in [0.2, 0.25) is 5.91 Å². The molecule has 0 spiro atoms. The summed E-state index contributed by atoms with van der Waals surface area (Å²) in [6.45, 7) is 6.14. The molecule has 9 heteroatoms. The van der Waals surface area contributed by atoms with Crippen LogP contribution in [0.2, 0.25) is 0 Å². The highest BCUT2D eigenvalue weighted by Crippen LogP contribution is 2.10. The Morgan fingerprint density at radius 2 is 1.74 bits per heavy atom. The fourth-order valence-electron chi connectivity index (χ4n) is 2.30. The van der Waals surface area contributed by atoms with Crippen molar-refractivity contribution in [3.63, 3.8) is 0 Å². The number of carbonyl (C=O) groups is 3. The first-order valence-electron chi connectivity index (χ1n) is 7.64. The Kier molecular flexibility index (Phi) is 8.52. The molecule has 1 atom stereocenters. The van der Waals surface area contributed by atoms with Gasteiger partial charge >= 0.3 is 11.9 Å². The topological polar surface area (TPSA) is 119 Å². The highest BCUT2D eigenvalue weighted by molar-refractivity contribution is 6.27. The Balaban J connectivity index is 0.000000379. The molecule has 0 aliphatic carbocycles. The van der Waals surface area contributed by atoms with E-state index >= 15 is 0 Å². The van der Waals surface area contributed by atoms with Crippen molar-refractivity contribution < 1.29 is 29.3 Å². The first-order chi connectivity index (χ1) is 10.9. The van der Waals surface area contributed by atoms with E-state index in [9.17, 15) is 4.79 Å². The zero-order valence-corrected chi connectivity index (χ0v) is 13.4. The Hall–Kier alpha value is -1.71. The van der Waals surface area contributed by atoms with Crippen LogP contribution in [0.4, 0.5) is 0 Å². The molecule has 23 heavy (non-hydrogen) atoms. The van der Waals surface area contributed by atoms with Crippen molar-refractivity contribution in [3.8, 4) is 0 Å². The molecule has 1 amide bonds. The number of carboxylic acid groups (broad SMARTS) is 2. The van der Waals surface area contributed by atoms with Crippen molar-refractivity contribution in [2.75, 3.05) is 52.9 Å². The molecule has 0 saturated carbocycles. The number of ether oxygens (including phenoxy) is 1. The maximum Gasteiger partial charge on any atom is 0.414 e. The van der Waals surface area contributed by atoms with E-state index in [1.807, 2.05) is 0 Å². The monoisotopic (exact) mass is 331 g/mol. The molecule has 2 saturated heterocycles. The number of amides is 1. The van der Waals surface area contributed by atoms with Gasteiger partial charge in [-0.2, -0.15) is 0 Å². The number of carbonyl (C=O) groups excluding carboxylic acids is 1. The Morgan fingerprint density at radius 3 is 2.22 bits per heavy atom. The van der Waals surface area contributed by atoms with Crippen LogP contribution in [0, 0.1) is 0 Å². The number of piperazine rings is 1. The van der Waals surface area contributed by atoms with Crippen LogP contribution in [0.15, 0.2) is 0 Å². The lowest BCUT2D eigenvalue weighted by atomic mass is 10.2.